The highest BCUT2D eigenvalue weighted by Gasteiger charge is 2.36. The van der Waals surface area contributed by atoms with Crippen LogP contribution < -0.4 is 5.32 Å². The molecule has 15 heavy (non-hydrogen) atoms. The minimum atomic E-state index is -0.394. The lowest BCUT2D eigenvalue weighted by Crippen LogP contribution is -2.48. The van der Waals surface area contributed by atoms with Crippen LogP contribution >= 0.6 is 11.8 Å². The number of nitrogens with one attached hydrogen (secondary N) is 1. The van der Waals surface area contributed by atoms with Gasteiger partial charge in [0.15, 0.2) is 0 Å². The van der Waals surface area contributed by atoms with Crippen LogP contribution in [0.1, 0.15) is 12.8 Å². The molecular formula is C9H14N2O3S. The van der Waals surface area contributed by atoms with Crippen molar-refractivity contribution in [3.05, 3.63) is 0 Å². The largest absolute Gasteiger partial charge is 0.394 e. The molecule has 2 rings (SSSR count). The van der Waals surface area contributed by atoms with Gasteiger partial charge >= 0.3 is 0 Å². The average Bonchev–Trinajstić information content (AvgIpc) is 2.84. The summed E-state index contributed by atoms with van der Waals surface area (Å²) in [5, 5.41) is 11.6. The van der Waals surface area contributed by atoms with Gasteiger partial charge in [0.2, 0.25) is 5.91 Å². The zero-order valence-electron chi connectivity index (χ0n) is 8.31. The number of carbonyl (C=O) groups excluding carboxylic acids is 2. The van der Waals surface area contributed by atoms with E-state index in [0.29, 0.717) is 12.3 Å². The van der Waals surface area contributed by atoms with Crippen molar-refractivity contribution in [2.75, 3.05) is 18.9 Å². The summed E-state index contributed by atoms with van der Waals surface area (Å²) in [4.78, 5) is 24.6. The predicted octanol–water partition coefficient (Wildman–Crippen LogP) is -0.205. The summed E-state index contributed by atoms with van der Waals surface area (Å²) in [5.74, 6) is 0.455. The predicted molar refractivity (Wildman–Crippen MR) is 56.6 cm³/mol. The van der Waals surface area contributed by atoms with Crippen molar-refractivity contribution in [3.63, 3.8) is 0 Å². The van der Waals surface area contributed by atoms with E-state index < -0.39 is 6.04 Å². The van der Waals surface area contributed by atoms with Gasteiger partial charge in [0.05, 0.1) is 12.6 Å². The van der Waals surface area contributed by atoms with Gasteiger partial charge in [-0.25, -0.2) is 0 Å². The highest BCUT2D eigenvalue weighted by Crippen LogP contribution is 2.21. The fourth-order valence-corrected chi connectivity index (χ4v) is 2.80. The average molecular weight is 230 g/mol. The van der Waals surface area contributed by atoms with Crippen molar-refractivity contribution in [3.8, 4) is 0 Å². The molecule has 0 aromatic heterocycles. The standard InChI is InChI=1S/C9H14N2O3S/c12-4-6-2-1-3-11(6)8(13)7-5-15-9(14)10-7/h6-7,12H,1-5H2,(H,10,14). The van der Waals surface area contributed by atoms with E-state index in [1.54, 1.807) is 4.90 Å². The Balaban J connectivity index is 1.98. The van der Waals surface area contributed by atoms with Crippen LogP contribution in [-0.2, 0) is 4.79 Å². The number of likely N-dealkylation sites (tertiary alicyclic amines) is 1. The van der Waals surface area contributed by atoms with Gasteiger partial charge < -0.3 is 15.3 Å². The summed E-state index contributed by atoms with van der Waals surface area (Å²) in [6.45, 7) is 0.709. The topological polar surface area (TPSA) is 69.6 Å². The molecule has 2 saturated heterocycles. The summed E-state index contributed by atoms with van der Waals surface area (Å²) in [7, 11) is 0. The van der Waals surface area contributed by atoms with Crippen LogP contribution in [0.3, 0.4) is 0 Å². The highest BCUT2D eigenvalue weighted by atomic mass is 32.2. The van der Waals surface area contributed by atoms with Gasteiger partial charge in [0.1, 0.15) is 6.04 Å². The summed E-state index contributed by atoms with van der Waals surface area (Å²) in [5.41, 5.74) is 0. The van der Waals surface area contributed by atoms with E-state index in [4.69, 9.17) is 5.11 Å². The van der Waals surface area contributed by atoms with Gasteiger partial charge in [-0.1, -0.05) is 11.8 Å². The van der Waals surface area contributed by atoms with E-state index in [2.05, 4.69) is 5.32 Å². The molecule has 84 valence electrons. The molecule has 0 spiro atoms. The molecule has 0 aromatic rings. The number of rotatable bonds is 2. The van der Waals surface area contributed by atoms with Crippen LogP contribution in [-0.4, -0.2) is 52.1 Å². The van der Waals surface area contributed by atoms with E-state index in [9.17, 15) is 9.59 Å². The van der Waals surface area contributed by atoms with Gasteiger partial charge in [-0.3, -0.25) is 9.59 Å². The molecule has 2 atom stereocenters. The maximum atomic E-state index is 11.9. The fourth-order valence-electron chi connectivity index (χ4n) is 2.03. The second kappa shape index (κ2) is 4.40. The first-order chi connectivity index (χ1) is 7.22. The van der Waals surface area contributed by atoms with Gasteiger partial charge in [-0.15, -0.1) is 0 Å². The summed E-state index contributed by atoms with van der Waals surface area (Å²) in [6.07, 6.45) is 1.79. The smallest absolute Gasteiger partial charge is 0.279 e. The Morgan fingerprint density at radius 3 is 3.07 bits per heavy atom. The molecule has 2 aliphatic rings. The molecule has 2 unspecified atom stereocenters. The molecule has 0 aliphatic carbocycles. The zero-order valence-corrected chi connectivity index (χ0v) is 9.13. The normalized spacial score (nSPS) is 30.7. The molecule has 0 aromatic carbocycles. The Labute approximate surface area is 92.2 Å². The lowest BCUT2D eigenvalue weighted by Gasteiger charge is -2.25. The molecule has 2 aliphatic heterocycles. The first kappa shape index (κ1) is 10.8. The summed E-state index contributed by atoms with van der Waals surface area (Å²) in [6, 6.07) is -0.449. The zero-order chi connectivity index (χ0) is 10.8. The minimum Gasteiger partial charge on any atom is -0.394 e. The number of hydrogen-bond acceptors (Lipinski definition) is 4. The van der Waals surface area contributed by atoms with E-state index in [0.717, 1.165) is 24.6 Å². The molecule has 0 saturated carbocycles. The number of aliphatic hydroxyl groups excluding tert-OH is 1. The lowest BCUT2D eigenvalue weighted by molar-refractivity contribution is -0.134. The molecule has 6 heteroatoms. The van der Waals surface area contributed by atoms with Crippen molar-refractivity contribution >= 4 is 22.9 Å². The maximum absolute atomic E-state index is 11.9. The van der Waals surface area contributed by atoms with Crippen molar-refractivity contribution in [1.82, 2.24) is 10.2 Å². The van der Waals surface area contributed by atoms with Crippen LogP contribution in [0.5, 0.6) is 0 Å². The van der Waals surface area contributed by atoms with Gasteiger partial charge in [-0.2, -0.15) is 0 Å². The van der Waals surface area contributed by atoms with Crippen LogP contribution in [0, 0.1) is 0 Å². The lowest BCUT2D eigenvalue weighted by atomic mass is 10.2. The first-order valence-corrected chi connectivity index (χ1v) is 6.05. The van der Waals surface area contributed by atoms with Crippen molar-refractivity contribution in [2.24, 2.45) is 0 Å². The van der Waals surface area contributed by atoms with Gasteiger partial charge in [0, 0.05) is 12.3 Å². The summed E-state index contributed by atoms with van der Waals surface area (Å²) < 4.78 is 0. The van der Waals surface area contributed by atoms with Crippen LogP contribution in [0.4, 0.5) is 4.79 Å². The maximum Gasteiger partial charge on any atom is 0.279 e. The van der Waals surface area contributed by atoms with Crippen LogP contribution in [0.15, 0.2) is 0 Å². The van der Waals surface area contributed by atoms with E-state index in [1.165, 1.54) is 0 Å². The Morgan fingerprint density at radius 1 is 1.67 bits per heavy atom. The molecule has 2 N–H and O–H groups in total. The Morgan fingerprint density at radius 2 is 2.47 bits per heavy atom. The summed E-state index contributed by atoms with van der Waals surface area (Å²) >= 11 is 1.14. The fraction of sp³-hybridized carbons (Fsp3) is 0.778. The molecule has 2 heterocycles. The number of hydrogen-bond donors (Lipinski definition) is 2. The number of aliphatic hydroxyl groups is 1. The van der Waals surface area contributed by atoms with Gasteiger partial charge in [0.25, 0.3) is 5.24 Å². The third-order valence-electron chi connectivity index (χ3n) is 2.84. The molecule has 0 radical (unpaired) electrons. The van der Waals surface area contributed by atoms with E-state index in [-0.39, 0.29) is 23.8 Å². The quantitative estimate of drug-likeness (QED) is 0.689. The van der Waals surface area contributed by atoms with Gasteiger partial charge in [-0.05, 0) is 12.8 Å². The van der Waals surface area contributed by atoms with E-state index in [1.807, 2.05) is 0 Å². The number of nitrogens with zero attached hydrogens (tertiary/aromatic N) is 1. The second-order valence-corrected chi connectivity index (χ2v) is 4.80. The number of amides is 2. The Bertz CT molecular complexity index is 285. The molecular weight excluding hydrogens is 216 g/mol. The monoisotopic (exact) mass is 230 g/mol. The first-order valence-electron chi connectivity index (χ1n) is 5.07. The molecule has 2 fully saturated rings. The van der Waals surface area contributed by atoms with Crippen LogP contribution in [0.2, 0.25) is 0 Å². The van der Waals surface area contributed by atoms with Crippen molar-refractivity contribution in [2.45, 2.75) is 24.9 Å². The SMILES string of the molecule is O=C1NC(C(=O)N2CCCC2CO)CS1. The number of carbonyl (C=O) groups is 2. The van der Waals surface area contributed by atoms with E-state index >= 15 is 0 Å². The highest BCUT2D eigenvalue weighted by molar-refractivity contribution is 8.14. The molecule has 5 nitrogen and oxygen atoms in total. The second-order valence-electron chi connectivity index (χ2n) is 3.81. The van der Waals surface area contributed by atoms with Crippen LogP contribution in [0.25, 0.3) is 0 Å². The Hall–Kier alpha value is -0.750. The van der Waals surface area contributed by atoms with Crippen molar-refractivity contribution < 1.29 is 14.7 Å². The third kappa shape index (κ3) is 2.10. The van der Waals surface area contributed by atoms with Crippen molar-refractivity contribution in [1.29, 1.82) is 0 Å². The Kier molecular flexibility index (Phi) is 3.16. The third-order valence-corrected chi connectivity index (χ3v) is 3.72. The number of thioether (sulfide) groups is 1. The molecule has 2 amide bonds. The molecule has 0 bridgehead atoms. The minimum absolute atomic E-state index is 0.0134.